The van der Waals surface area contributed by atoms with Crippen LogP contribution in [-0.2, 0) is 37.7 Å². The number of rotatable bonds is 9. The van der Waals surface area contributed by atoms with Crippen molar-refractivity contribution in [1.29, 1.82) is 0 Å². The normalized spacial score (nSPS) is 24.5. The first kappa shape index (κ1) is 20.0. The second-order valence-electron chi connectivity index (χ2n) is 4.62. The summed E-state index contributed by atoms with van der Waals surface area (Å²) < 4.78 is 72.0. The Bertz CT molecular complexity index is 605. The Balaban J connectivity index is 2.49. The molecule has 1 heterocycles. The maximum absolute atomic E-state index is 12.6. The lowest BCUT2D eigenvalue weighted by molar-refractivity contribution is 0.180. The highest BCUT2D eigenvalue weighted by molar-refractivity contribution is 7.86. The molecule has 0 amide bonds. The van der Waals surface area contributed by atoms with Crippen LogP contribution in [-0.4, -0.2) is 73.5 Å². The van der Waals surface area contributed by atoms with E-state index in [2.05, 4.69) is 13.5 Å². The van der Waals surface area contributed by atoms with Crippen LogP contribution in [0.1, 0.15) is 6.42 Å². The van der Waals surface area contributed by atoms with Gasteiger partial charge in [0.1, 0.15) is 0 Å². The van der Waals surface area contributed by atoms with Gasteiger partial charge in [-0.1, -0.05) is 0 Å². The third kappa shape index (κ3) is 7.97. The fourth-order valence-electron chi connectivity index (χ4n) is 1.71. The van der Waals surface area contributed by atoms with E-state index in [4.69, 9.17) is 4.52 Å². The minimum absolute atomic E-state index is 0.00772. The molecule has 0 aromatic heterocycles. The molecule has 13 heteroatoms. The zero-order chi connectivity index (χ0) is 16.9. The first-order valence-electron chi connectivity index (χ1n) is 6.46. The molecule has 0 aromatic rings. The van der Waals surface area contributed by atoms with E-state index in [-0.39, 0.29) is 26.3 Å². The van der Waals surface area contributed by atoms with Gasteiger partial charge in [-0.3, -0.25) is 12.9 Å². The van der Waals surface area contributed by atoms with E-state index in [1.165, 1.54) is 4.67 Å². The van der Waals surface area contributed by atoms with Gasteiger partial charge in [-0.05, 0) is 6.42 Å². The first-order chi connectivity index (χ1) is 10.0. The molecule has 1 atom stereocenters. The smallest absolute Gasteiger partial charge is 0.306 e. The fourth-order valence-corrected chi connectivity index (χ4v) is 4.43. The maximum Gasteiger partial charge on any atom is 0.343 e. The summed E-state index contributed by atoms with van der Waals surface area (Å²) in [4.78, 5) is 0. The van der Waals surface area contributed by atoms with Crippen molar-refractivity contribution in [2.75, 3.05) is 52.0 Å². The van der Waals surface area contributed by atoms with Crippen molar-refractivity contribution in [2.45, 2.75) is 6.42 Å². The van der Waals surface area contributed by atoms with Crippen molar-refractivity contribution in [2.24, 2.45) is 0 Å². The average Bonchev–Trinajstić information content (AvgIpc) is 2.35. The molecule has 10 nitrogen and oxygen atoms in total. The van der Waals surface area contributed by atoms with E-state index in [9.17, 15) is 21.4 Å². The summed E-state index contributed by atoms with van der Waals surface area (Å²) >= 11 is 0. The molecule has 1 aliphatic rings. The Morgan fingerprint density at radius 1 is 1.14 bits per heavy atom. The van der Waals surface area contributed by atoms with Crippen LogP contribution in [0.2, 0.25) is 0 Å². The van der Waals surface area contributed by atoms with Crippen molar-refractivity contribution in [3.05, 3.63) is 0 Å². The van der Waals surface area contributed by atoms with E-state index < -0.39 is 27.9 Å². The van der Waals surface area contributed by atoms with Gasteiger partial charge in [0.2, 0.25) is 0 Å². The van der Waals surface area contributed by atoms with Crippen LogP contribution in [0.4, 0.5) is 0 Å². The van der Waals surface area contributed by atoms with Crippen molar-refractivity contribution in [1.82, 2.24) is 9.76 Å². The lowest BCUT2D eigenvalue weighted by Gasteiger charge is -2.34. The Kier molecular flexibility index (Phi) is 7.40. The average molecular weight is 380 g/mol. The lowest BCUT2D eigenvalue weighted by Crippen LogP contribution is -2.38. The molecule has 0 bridgehead atoms. The highest BCUT2D eigenvalue weighted by atomic mass is 32.2. The van der Waals surface area contributed by atoms with E-state index in [1.54, 1.807) is 0 Å². The Morgan fingerprint density at radius 3 is 2.32 bits per heavy atom. The summed E-state index contributed by atoms with van der Waals surface area (Å²) in [5.74, 6) is 0. The van der Waals surface area contributed by atoms with Crippen molar-refractivity contribution in [3.63, 3.8) is 0 Å². The van der Waals surface area contributed by atoms with E-state index in [1.807, 2.05) is 0 Å². The van der Waals surface area contributed by atoms with E-state index in [0.29, 0.717) is 19.6 Å². The first-order valence-corrected chi connectivity index (χ1v) is 11.7. The molecule has 1 N–H and O–H groups in total. The van der Waals surface area contributed by atoms with Crippen molar-refractivity contribution < 1.29 is 34.3 Å². The van der Waals surface area contributed by atoms with Gasteiger partial charge in [-0.25, -0.2) is 9.76 Å². The second-order valence-corrected chi connectivity index (χ2v) is 10.1. The third-order valence-electron chi connectivity index (χ3n) is 2.56. The summed E-state index contributed by atoms with van der Waals surface area (Å²) in [6.45, 7) is 0.524. The monoisotopic (exact) mass is 380 g/mol. The molecule has 22 heavy (non-hydrogen) atoms. The van der Waals surface area contributed by atoms with Crippen molar-refractivity contribution >= 4 is 27.9 Å². The lowest BCUT2D eigenvalue weighted by atomic mass is 10.4. The van der Waals surface area contributed by atoms with Crippen LogP contribution in [0, 0.1) is 0 Å². The standard InChI is InChI=1S/C9H21N2O8PS2/c1-21(13,14)18-8-4-10-20(12)11(5-3-7-17-20)6-9-19-22(2,15)16/h3-9H2,1-2H3,(H,10,12). The number of nitrogens with zero attached hydrogens (tertiary/aromatic N) is 1. The Morgan fingerprint density at radius 2 is 1.73 bits per heavy atom. The highest BCUT2D eigenvalue weighted by Crippen LogP contribution is 2.48. The van der Waals surface area contributed by atoms with Crippen LogP contribution in [0.3, 0.4) is 0 Å². The predicted octanol–water partition coefficient (Wildman–Crippen LogP) is -0.641. The SMILES string of the molecule is CS(=O)(=O)OCCNP1(=O)OCCCN1CCOS(C)(=O)=O. The summed E-state index contributed by atoms with van der Waals surface area (Å²) in [5, 5.41) is 2.63. The van der Waals surface area contributed by atoms with Gasteiger partial charge in [-0.2, -0.15) is 16.8 Å². The van der Waals surface area contributed by atoms with Crippen LogP contribution in [0.25, 0.3) is 0 Å². The molecular formula is C9H21N2O8PS2. The van der Waals surface area contributed by atoms with Crippen LogP contribution in [0.15, 0.2) is 0 Å². The van der Waals surface area contributed by atoms with Gasteiger partial charge in [0.05, 0.1) is 32.3 Å². The molecule has 1 unspecified atom stereocenters. The molecule has 1 rings (SSSR count). The maximum atomic E-state index is 12.6. The number of hydrogen-bond acceptors (Lipinski definition) is 8. The predicted molar refractivity (Wildman–Crippen MR) is 79.3 cm³/mol. The molecule has 0 spiro atoms. The summed E-state index contributed by atoms with van der Waals surface area (Å²) in [5.41, 5.74) is 0. The van der Waals surface area contributed by atoms with Gasteiger partial charge >= 0.3 is 7.67 Å². The summed E-state index contributed by atoms with van der Waals surface area (Å²) in [6.07, 6.45) is 2.49. The quantitative estimate of drug-likeness (QED) is 0.313. The summed E-state index contributed by atoms with van der Waals surface area (Å²) in [6, 6.07) is 0. The van der Waals surface area contributed by atoms with Crippen LogP contribution >= 0.6 is 7.67 Å². The van der Waals surface area contributed by atoms with Gasteiger partial charge in [0, 0.05) is 19.6 Å². The van der Waals surface area contributed by atoms with Gasteiger partial charge in [0.25, 0.3) is 20.2 Å². The highest BCUT2D eigenvalue weighted by Gasteiger charge is 2.34. The fraction of sp³-hybridized carbons (Fsp3) is 1.00. The topological polar surface area (TPSA) is 128 Å². The van der Waals surface area contributed by atoms with E-state index in [0.717, 1.165) is 12.5 Å². The number of nitrogens with one attached hydrogen (secondary N) is 1. The van der Waals surface area contributed by atoms with E-state index >= 15 is 0 Å². The molecular weight excluding hydrogens is 359 g/mol. The molecule has 132 valence electrons. The molecule has 1 aliphatic heterocycles. The second kappa shape index (κ2) is 8.15. The van der Waals surface area contributed by atoms with Gasteiger partial charge < -0.3 is 4.52 Å². The minimum atomic E-state index is -3.56. The van der Waals surface area contributed by atoms with Gasteiger partial charge in [0.15, 0.2) is 0 Å². The molecule has 0 radical (unpaired) electrons. The molecule has 0 aromatic carbocycles. The number of hydrogen-bond donors (Lipinski definition) is 1. The third-order valence-corrected chi connectivity index (χ3v) is 6.05. The molecule has 1 fully saturated rings. The largest absolute Gasteiger partial charge is 0.343 e. The Hall–Kier alpha value is -0.0700. The van der Waals surface area contributed by atoms with Gasteiger partial charge in [-0.15, -0.1) is 0 Å². The molecule has 1 saturated heterocycles. The zero-order valence-corrected chi connectivity index (χ0v) is 15.0. The van der Waals surface area contributed by atoms with Crippen LogP contribution < -0.4 is 5.09 Å². The minimum Gasteiger partial charge on any atom is -0.306 e. The molecule has 0 aliphatic carbocycles. The summed E-state index contributed by atoms with van der Waals surface area (Å²) in [7, 11) is -10.5. The zero-order valence-electron chi connectivity index (χ0n) is 12.4. The molecule has 0 saturated carbocycles. The Labute approximate surface area is 130 Å². The van der Waals surface area contributed by atoms with Crippen molar-refractivity contribution in [3.8, 4) is 0 Å². The van der Waals surface area contributed by atoms with Crippen LogP contribution in [0.5, 0.6) is 0 Å².